The van der Waals surface area contributed by atoms with Crippen LogP contribution in [0.1, 0.15) is 17.5 Å². The number of carbonyl (C=O) groups excluding carboxylic acids is 1. The van der Waals surface area contributed by atoms with Gasteiger partial charge in [-0.15, -0.1) is 11.8 Å². The molecule has 0 saturated carbocycles. The molecule has 1 fully saturated rings. The minimum atomic E-state index is 0.0900. The molecule has 0 atom stereocenters. The topological polar surface area (TPSA) is 54.9 Å². The quantitative estimate of drug-likeness (QED) is 0.407. The van der Waals surface area contributed by atoms with E-state index < -0.39 is 0 Å². The number of aryl methyl sites for hydroxylation is 2. The van der Waals surface area contributed by atoms with Crippen molar-refractivity contribution >= 4 is 44.4 Å². The van der Waals surface area contributed by atoms with Gasteiger partial charge in [0.05, 0.1) is 36.3 Å². The van der Waals surface area contributed by atoms with Crippen LogP contribution < -0.4 is 9.64 Å². The zero-order valence-corrected chi connectivity index (χ0v) is 21.1. The summed E-state index contributed by atoms with van der Waals surface area (Å²) in [6.07, 6.45) is 0.910. The Morgan fingerprint density at radius 1 is 1.15 bits per heavy atom. The van der Waals surface area contributed by atoms with Gasteiger partial charge < -0.3 is 9.47 Å². The minimum Gasteiger partial charge on any atom is -0.497 e. The number of hydrogen-bond donors (Lipinski definition) is 0. The van der Waals surface area contributed by atoms with Crippen LogP contribution in [0.25, 0.3) is 10.2 Å². The smallest absolute Gasteiger partial charge is 0.239 e. The average Bonchev–Trinajstić information content (AvgIpc) is 3.30. The average molecular weight is 486 g/mol. The molecule has 2 heterocycles. The van der Waals surface area contributed by atoms with Gasteiger partial charge in [-0.05, 0) is 55.7 Å². The molecule has 8 heteroatoms. The van der Waals surface area contributed by atoms with Crippen LogP contribution in [-0.2, 0) is 9.53 Å². The number of hydrogen-bond acceptors (Lipinski definition) is 7. The normalized spacial score (nSPS) is 14.5. The van der Waals surface area contributed by atoms with Crippen molar-refractivity contribution in [2.24, 2.45) is 0 Å². The van der Waals surface area contributed by atoms with E-state index >= 15 is 0 Å². The Balaban J connectivity index is 1.49. The van der Waals surface area contributed by atoms with E-state index in [0.29, 0.717) is 12.3 Å². The fraction of sp³-hybridized carbons (Fsp3) is 0.440. The molecule has 3 aromatic rings. The molecule has 2 aromatic carbocycles. The molecule has 0 unspecified atom stereocenters. The number of benzene rings is 2. The summed E-state index contributed by atoms with van der Waals surface area (Å²) in [5.41, 5.74) is 3.35. The third kappa shape index (κ3) is 6.06. The highest BCUT2D eigenvalue weighted by molar-refractivity contribution is 8.00. The van der Waals surface area contributed by atoms with Gasteiger partial charge in [0.25, 0.3) is 0 Å². The summed E-state index contributed by atoms with van der Waals surface area (Å²) in [6.45, 7) is 9.30. The SMILES string of the molecule is COc1ccc(SCC(=O)N(CCCN2CCOCC2)c2nc3c(C)ccc(C)c3s2)cc1. The molecule has 0 bridgehead atoms. The minimum absolute atomic E-state index is 0.0900. The molecule has 33 heavy (non-hydrogen) atoms. The highest BCUT2D eigenvalue weighted by atomic mass is 32.2. The molecule has 0 N–H and O–H groups in total. The van der Waals surface area contributed by atoms with Crippen LogP contribution in [0.3, 0.4) is 0 Å². The zero-order chi connectivity index (χ0) is 23.2. The summed E-state index contributed by atoms with van der Waals surface area (Å²) in [5.74, 6) is 1.28. The predicted molar refractivity (Wildman–Crippen MR) is 137 cm³/mol. The highest BCUT2D eigenvalue weighted by Crippen LogP contribution is 2.34. The van der Waals surface area contributed by atoms with Gasteiger partial charge in [-0.2, -0.15) is 0 Å². The first kappa shape index (κ1) is 24.0. The lowest BCUT2D eigenvalue weighted by atomic mass is 10.1. The number of rotatable bonds is 9. The lowest BCUT2D eigenvalue weighted by molar-refractivity contribution is -0.116. The van der Waals surface area contributed by atoms with Gasteiger partial charge in [-0.3, -0.25) is 14.6 Å². The summed E-state index contributed by atoms with van der Waals surface area (Å²) in [6, 6.07) is 12.1. The van der Waals surface area contributed by atoms with Crippen LogP contribution in [0.5, 0.6) is 5.75 Å². The number of amides is 1. The number of ether oxygens (including phenoxy) is 2. The molecule has 1 aliphatic rings. The highest BCUT2D eigenvalue weighted by Gasteiger charge is 2.21. The number of morpholine rings is 1. The van der Waals surface area contributed by atoms with E-state index in [0.717, 1.165) is 66.1 Å². The molecule has 1 aliphatic heterocycles. The maximum atomic E-state index is 13.4. The van der Waals surface area contributed by atoms with Gasteiger partial charge in [-0.1, -0.05) is 23.5 Å². The van der Waals surface area contributed by atoms with Crippen molar-refractivity contribution in [2.75, 3.05) is 57.2 Å². The Morgan fingerprint density at radius 3 is 2.58 bits per heavy atom. The third-order valence-corrected chi connectivity index (χ3v) is 8.05. The molecule has 176 valence electrons. The van der Waals surface area contributed by atoms with E-state index in [1.807, 2.05) is 29.2 Å². The Kier molecular flexibility index (Phi) is 8.25. The fourth-order valence-corrected chi connectivity index (χ4v) is 5.79. The summed E-state index contributed by atoms with van der Waals surface area (Å²) in [5, 5.41) is 0.796. The van der Waals surface area contributed by atoms with Crippen molar-refractivity contribution in [1.29, 1.82) is 0 Å². The van der Waals surface area contributed by atoms with Crippen molar-refractivity contribution in [3.8, 4) is 5.75 Å². The van der Waals surface area contributed by atoms with Crippen LogP contribution in [0.15, 0.2) is 41.3 Å². The second-order valence-electron chi connectivity index (χ2n) is 8.19. The molecule has 1 saturated heterocycles. The monoisotopic (exact) mass is 485 g/mol. The van der Waals surface area contributed by atoms with Crippen LogP contribution in [-0.4, -0.2) is 68.0 Å². The van der Waals surface area contributed by atoms with E-state index in [2.05, 4.69) is 30.9 Å². The third-order valence-electron chi connectivity index (χ3n) is 5.84. The van der Waals surface area contributed by atoms with Crippen molar-refractivity contribution in [3.05, 3.63) is 47.5 Å². The number of fused-ring (bicyclic) bond motifs is 1. The van der Waals surface area contributed by atoms with E-state index in [4.69, 9.17) is 14.5 Å². The number of methoxy groups -OCH3 is 1. The van der Waals surface area contributed by atoms with Gasteiger partial charge in [0.15, 0.2) is 5.13 Å². The number of anilines is 1. The molecular weight excluding hydrogens is 454 g/mol. The van der Waals surface area contributed by atoms with Crippen LogP contribution in [0.4, 0.5) is 5.13 Å². The van der Waals surface area contributed by atoms with Crippen LogP contribution in [0, 0.1) is 13.8 Å². The number of thiazole rings is 1. The lowest BCUT2D eigenvalue weighted by Gasteiger charge is -2.27. The second-order valence-corrected chi connectivity index (χ2v) is 10.2. The number of nitrogens with zero attached hydrogens (tertiary/aromatic N) is 3. The number of carbonyl (C=O) groups is 1. The van der Waals surface area contributed by atoms with Gasteiger partial charge in [0.1, 0.15) is 5.75 Å². The standard InChI is InChI=1S/C25H31N3O3S2/c1-18-5-6-19(2)24-23(18)26-25(33-24)28(12-4-11-27-13-15-31-16-14-27)22(29)17-32-21-9-7-20(30-3)8-10-21/h5-10H,4,11-17H2,1-3H3. The van der Waals surface area contributed by atoms with Crippen molar-refractivity contribution in [3.63, 3.8) is 0 Å². The van der Waals surface area contributed by atoms with Crippen LogP contribution >= 0.6 is 23.1 Å². The Bertz CT molecular complexity index is 1040. The van der Waals surface area contributed by atoms with Crippen LogP contribution in [0.2, 0.25) is 0 Å². The molecule has 0 aliphatic carbocycles. The molecule has 1 amide bonds. The molecule has 0 spiro atoms. The van der Waals surface area contributed by atoms with E-state index in [-0.39, 0.29) is 5.91 Å². The number of aromatic nitrogens is 1. The summed E-state index contributed by atoms with van der Waals surface area (Å²) in [4.78, 5) is 23.6. The van der Waals surface area contributed by atoms with Crippen molar-refractivity contribution in [2.45, 2.75) is 25.2 Å². The maximum absolute atomic E-state index is 13.4. The molecule has 6 nitrogen and oxygen atoms in total. The van der Waals surface area contributed by atoms with E-state index in [9.17, 15) is 4.79 Å². The zero-order valence-electron chi connectivity index (χ0n) is 19.5. The summed E-state index contributed by atoms with van der Waals surface area (Å²) >= 11 is 3.17. The van der Waals surface area contributed by atoms with E-state index in [1.54, 1.807) is 30.2 Å². The van der Waals surface area contributed by atoms with Gasteiger partial charge in [-0.25, -0.2) is 4.98 Å². The maximum Gasteiger partial charge on any atom is 0.239 e. The van der Waals surface area contributed by atoms with Crippen molar-refractivity contribution < 1.29 is 14.3 Å². The number of thioether (sulfide) groups is 1. The fourth-order valence-electron chi connectivity index (χ4n) is 3.86. The first-order chi connectivity index (χ1) is 16.0. The summed E-state index contributed by atoms with van der Waals surface area (Å²) in [7, 11) is 1.65. The van der Waals surface area contributed by atoms with Crippen molar-refractivity contribution in [1.82, 2.24) is 9.88 Å². The largest absolute Gasteiger partial charge is 0.497 e. The van der Waals surface area contributed by atoms with Gasteiger partial charge in [0, 0.05) is 31.1 Å². The lowest BCUT2D eigenvalue weighted by Crippen LogP contribution is -2.39. The van der Waals surface area contributed by atoms with Gasteiger partial charge >= 0.3 is 0 Å². The Hall–Kier alpha value is -2.13. The second kappa shape index (κ2) is 11.3. The Morgan fingerprint density at radius 2 is 1.88 bits per heavy atom. The van der Waals surface area contributed by atoms with E-state index in [1.165, 1.54) is 10.3 Å². The molecular formula is C25H31N3O3S2. The first-order valence-electron chi connectivity index (χ1n) is 11.3. The molecule has 4 rings (SSSR count). The predicted octanol–water partition coefficient (Wildman–Crippen LogP) is 4.77. The molecule has 0 radical (unpaired) electrons. The summed E-state index contributed by atoms with van der Waals surface area (Å²) < 4.78 is 11.8. The molecule has 1 aromatic heterocycles. The first-order valence-corrected chi connectivity index (χ1v) is 13.1. The van der Waals surface area contributed by atoms with Gasteiger partial charge in [0.2, 0.25) is 5.91 Å². The Labute approximate surface area is 203 Å².